The van der Waals surface area contributed by atoms with E-state index in [2.05, 4.69) is 22.0 Å². The summed E-state index contributed by atoms with van der Waals surface area (Å²) < 4.78 is 5.58. The first-order chi connectivity index (χ1) is 15.0. The van der Waals surface area contributed by atoms with E-state index in [0.29, 0.717) is 30.4 Å². The highest BCUT2D eigenvalue weighted by Gasteiger charge is 2.54. The van der Waals surface area contributed by atoms with E-state index in [1.54, 1.807) is 30.7 Å². The predicted octanol–water partition coefficient (Wildman–Crippen LogP) is 3.26. The molecule has 1 atom stereocenters. The van der Waals surface area contributed by atoms with Gasteiger partial charge in [-0.25, -0.2) is 0 Å². The van der Waals surface area contributed by atoms with Crippen molar-refractivity contribution < 1.29 is 14.0 Å². The lowest BCUT2D eigenvalue weighted by Crippen LogP contribution is -2.41. The molecule has 2 amide bonds. The predicted molar refractivity (Wildman–Crippen MR) is 119 cm³/mol. The molecule has 7 nitrogen and oxygen atoms in total. The third-order valence-electron chi connectivity index (χ3n) is 6.60. The highest BCUT2D eigenvalue weighted by Crippen LogP contribution is 2.59. The van der Waals surface area contributed by atoms with Crippen LogP contribution in [0.3, 0.4) is 0 Å². The normalized spacial score (nSPS) is 19.5. The number of rotatable bonds is 7. The number of hydrogen-bond acceptors (Lipinski definition) is 5. The van der Waals surface area contributed by atoms with Crippen LogP contribution in [0.15, 0.2) is 46.2 Å². The topological polar surface area (TPSA) is 87.8 Å². The maximum atomic E-state index is 12.6. The van der Waals surface area contributed by atoms with Gasteiger partial charge >= 0.3 is 0 Å². The molecule has 1 saturated carbocycles. The van der Waals surface area contributed by atoms with E-state index in [-0.39, 0.29) is 17.2 Å². The zero-order chi connectivity index (χ0) is 21.8. The van der Waals surface area contributed by atoms with Gasteiger partial charge in [0.05, 0.1) is 6.42 Å². The molecule has 2 aromatic rings. The van der Waals surface area contributed by atoms with E-state index in [9.17, 15) is 9.59 Å². The Morgan fingerprint density at radius 3 is 2.94 bits per heavy atom. The number of hydrogen-bond donors (Lipinski definition) is 1. The number of furan rings is 1. The number of aliphatic imine (C=N–C) groups is 1. The highest BCUT2D eigenvalue weighted by atomic mass is 16.3. The van der Waals surface area contributed by atoms with Gasteiger partial charge in [-0.1, -0.05) is 6.07 Å². The number of nitrogens with one attached hydrogen (secondary N) is 1. The van der Waals surface area contributed by atoms with E-state index in [0.717, 1.165) is 43.5 Å². The Balaban J connectivity index is 1.23. The SMILES string of the molecule is C=N/C=C\c1cc(C(=O)NCC2CC23CCN(C(=O)Cc2cccnc2)CC3)oc1C. The molecule has 1 saturated heterocycles. The molecule has 3 heterocycles. The van der Waals surface area contributed by atoms with Crippen molar-refractivity contribution in [2.24, 2.45) is 16.3 Å². The Labute approximate surface area is 182 Å². The smallest absolute Gasteiger partial charge is 0.287 e. The average Bonchev–Trinajstić information content (AvgIpc) is 3.31. The van der Waals surface area contributed by atoms with Gasteiger partial charge in [-0.15, -0.1) is 0 Å². The van der Waals surface area contributed by atoms with Gasteiger partial charge in [-0.2, -0.15) is 0 Å². The van der Waals surface area contributed by atoms with E-state index in [4.69, 9.17) is 4.42 Å². The Morgan fingerprint density at radius 1 is 1.42 bits per heavy atom. The molecular formula is C24H28N4O3. The number of carbonyl (C=O) groups excluding carboxylic acids is 2. The van der Waals surface area contributed by atoms with Crippen LogP contribution in [-0.4, -0.2) is 48.1 Å². The number of aryl methyl sites for hydroxylation is 1. The van der Waals surface area contributed by atoms with Crippen LogP contribution in [0.1, 0.15) is 46.7 Å². The molecule has 1 unspecified atom stereocenters. The Kier molecular flexibility index (Phi) is 6.02. The van der Waals surface area contributed by atoms with Crippen LogP contribution in [0, 0.1) is 18.3 Å². The summed E-state index contributed by atoms with van der Waals surface area (Å²) in [7, 11) is 0. The summed E-state index contributed by atoms with van der Waals surface area (Å²) in [6, 6.07) is 5.52. The van der Waals surface area contributed by atoms with Gasteiger partial charge in [-0.05, 0) is 68.0 Å². The van der Waals surface area contributed by atoms with E-state index < -0.39 is 0 Å². The summed E-state index contributed by atoms with van der Waals surface area (Å²) in [6.07, 6.45) is 10.3. The van der Waals surface area contributed by atoms with E-state index in [1.807, 2.05) is 24.0 Å². The van der Waals surface area contributed by atoms with Crippen molar-refractivity contribution in [3.05, 3.63) is 59.4 Å². The number of nitrogens with zero attached hydrogens (tertiary/aromatic N) is 3. The second kappa shape index (κ2) is 8.88. The molecular weight excluding hydrogens is 392 g/mol. The molecule has 2 aliphatic rings. The highest BCUT2D eigenvalue weighted by molar-refractivity contribution is 5.92. The third kappa shape index (κ3) is 4.76. The second-order valence-electron chi connectivity index (χ2n) is 8.51. The van der Waals surface area contributed by atoms with Crippen LogP contribution in [0.5, 0.6) is 0 Å². The van der Waals surface area contributed by atoms with Crippen LogP contribution in [0.4, 0.5) is 0 Å². The number of amides is 2. The van der Waals surface area contributed by atoms with Gasteiger partial charge in [0.2, 0.25) is 5.91 Å². The van der Waals surface area contributed by atoms with Gasteiger partial charge in [0, 0.05) is 43.8 Å². The fraction of sp³-hybridized carbons (Fsp3) is 0.417. The van der Waals surface area contributed by atoms with Crippen LogP contribution in [0.2, 0.25) is 0 Å². The van der Waals surface area contributed by atoms with Crippen molar-refractivity contribution in [1.82, 2.24) is 15.2 Å². The summed E-state index contributed by atoms with van der Waals surface area (Å²) in [4.78, 5) is 34.8. The van der Waals surface area contributed by atoms with Gasteiger partial charge in [0.1, 0.15) is 5.76 Å². The Bertz CT molecular complexity index is 988. The number of carbonyl (C=O) groups is 2. The van der Waals surface area contributed by atoms with Crippen molar-refractivity contribution in [2.45, 2.75) is 32.6 Å². The molecule has 31 heavy (non-hydrogen) atoms. The molecule has 0 radical (unpaired) electrons. The van der Waals surface area contributed by atoms with Gasteiger partial charge in [0.15, 0.2) is 5.76 Å². The minimum absolute atomic E-state index is 0.165. The largest absolute Gasteiger partial charge is 0.456 e. The van der Waals surface area contributed by atoms with E-state index >= 15 is 0 Å². The fourth-order valence-corrected chi connectivity index (χ4v) is 4.53. The lowest BCUT2D eigenvalue weighted by molar-refractivity contribution is -0.132. The van der Waals surface area contributed by atoms with Crippen LogP contribution >= 0.6 is 0 Å². The summed E-state index contributed by atoms with van der Waals surface area (Å²) >= 11 is 0. The van der Waals surface area contributed by atoms with Crippen molar-refractivity contribution >= 4 is 24.6 Å². The van der Waals surface area contributed by atoms with E-state index in [1.165, 1.54) is 0 Å². The molecule has 1 N–H and O–H groups in total. The zero-order valence-electron chi connectivity index (χ0n) is 17.8. The minimum Gasteiger partial charge on any atom is -0.456 e. The summed E-state index contributed by atoms with van der Waals surface area (Å²) in [5.74, 6) is 1.42. The summed E-state index contributed by atoms with van der Waals surface area (Å²) in [5.41, 5.74) is 2.04. The number of piperidine rings is 1. The molecule has 2 fully saturated rings. The third-order valence-corrected chi connectivity index (χ3v) is 6.60. The molecule has 0 aromatic carbocycles. The first kappa shape index (κ1) is 21.0. The quantitative estimate of drug-likeness (QED) is 0.697. The first-order valence-corrected chi connectivity index (χ1v) is 10.7. The van der Waals surface area contributed by atoms with Crippen molar-refractivity contribution in [3.63, 3.8) is 0 Å². The number of likely N-dealkylation sites (tertiary alicyclic amines) is 1. The Morgan fingerprint density at radius 2 is 2.23 bits per heavy atom. The molecule has 4 rings (SSSR count). The lowest BCUT2D eigenvalue weighted by Gasteiger charge is -2.33. The molecule has 7 heteroatoms. The van der Waals surface area contributed by atoms with Crippen molar-refractivity contribution in [2.75, 3.05) is 19.6 Å². The van der Waals surface area contributed by atoms with Crippen molar-refractivity contribution in [1.29, 1.82) is 0 Å². The van der Waals surface area contributed by atoms with Crippen LogP contribution in [-0.2, 0) is 11.2 Å². The Hall–Kier alpha value is -3.22. The van der Waals surface area contributed by atoms with Crippen molar-refractivity contribution in [3.8, 4) is 0 Å². The molecule has 1 aliphatic heterocycles. The number of pyridine rings is 1. The molecule has 162 valence electrons. The number of aromatic nitrogens is 1. The van der Waals surface area contributed by atoms with Crippen LogP contribution in [0.25, 0.3) is 6.08 Å². The molecule has 0 bridgehead atoms. The summed E-state index contributed by atoms with van der Waals surface area (Å²) in [5, 5.41) is 3.02. The fourth-order valence-electron chi connectivity index (χ4n) is 4.53. The molecule has 1 aliphatic carbocycles. The van der Waals surface area contributed by atoms with Gasteiger partial charge in [0.25, 0.3) is 5.91 Å². The van der Waals surface area contributed by atoms with Gasteiger partial charge in [-0.3, -0.25) is 19.6 Å². The van der Waals surface area contributed by atoms with Gasteiger partial charge < -0.3 is 14.6 Å². The first-order valence-electron chi connectivity index (χ1n) is 10.7. The lowest BCUT2D eigenvalue weighted by atomic mass is 9.90. The zero-order valence-corrected chi connectivity index (χ0v) is 17.8. The van der Waals surface area contributed by atoms with Crippen LogP contribution < -0.4 is 5.32 Å². The summed E-state index contributed by atoms with van der Waals surface area (Å²) in [6.45, 7) is 7.44. The molecule has 1 spiro atoms. The average molecular weight is 421 g/mol. The standard InChI is InChI=1S/C24H28N4O3/c1-17-19(5-9-25-2)13-21(31-17)23(30)27-16-20-14-24(20)6-10-28(11-7-24)22(29)12-18-4-3-8-26-15-18/h3-5,8-9,13,15,20H,2,6-7,10-12,14,16H2,1H3,(H,27,30)/b9-5-. The minimum atomic E-state index is -0.194. The molecule has 2 aromatic heterocycles. The maximum Gasteiger partial charge on any atom is 0.287 e. The maximum absolute atomic E-state index is 12.6. The monoisotopic (exact) mass is 420 g/mol. The second-order valence-corrected chi connectivity index (χ2v) is 8.51.